The molecule has 0 radical (unpaired) electrons. The maximum Gasteiger partial charge on any atom is 0.416 e. The summed E-state index contributed by atoms with van der Waals surface area (Å²) in [6, 6.07) is 4.71. The Hall–Kier alpha value is -2.86. The first kappa shape index (κ1) is 21.8. The molecule has 0 bridgehead atoms. The summed E-state index contributed by atoms with van der Waals surface area (Å²) in [6.07, 6.45) is 3.72. The van der Waals surface area contributed by atoms with Crippen molar-refractivity contribution in [3.63, 3.8) is 0 Å². The summed E-state index contributed by atoms with van der Waals surface area (Å²) in [7, 11) is 1.73. The molecule has 1 aliphatic rings. The molecule has 0 spiro atoms. The van der Waals surface area contributed by atoms with Gasteiger partial charge in [0.1, 0.15) is 11.9 Å². The van der Waals surface area contributed by atoms with E-state index in [1.165, 1.54) is 12.4 Å². The highest BCUT2D eigenvalue weighted by Crippen LogP contribution is 2.32. The van der Waals surface area contributed by atoms with Gasteiger partial charge in [-0.3, -0.25) is 4.98 Å². The lowest BCUT2D eigenvalue weighted by Crippen LogP contribution is -2.25. The normalized spacial score (nSPS) is 19.2. The molecule has 160 valence electrons. The molecule has 2 N–H and O–H groups in total. The summed E-state index contributed by atoms with van der Waals surface area (Å²) in [5.41, 5.74) is 0.304. The molecule has 2 aromatic rings. The van der Waals surface area contributed by atoms with E-state index in [0.717, 1.165) is 44.5 Å². The van der Waals surface area contributed by atoms with E-state index in [1.807, 2.05) is 0 Å². The number of pyridine rings is 2. The molecule has 9 heteroatoms. The molecule has 2 heterocycles. The van der Waals surface area contributed by atoms with Crippen LogP contribution < -0.4 is 10.6 Å². The number of alkyl halides is 3. The van der Waals surface area contributed by atoms with E-state index < -0.39 is 11.7 Å². The molecule has 0 atom stereocenters. The van der Waals surface area contributed by atoms with Crippen LogP contribution in [0.1, 0.15) is 42.4 Å². The highest BCUT2D eigenvalue weighted by atomic mass is 19.4. The van der Waals surface area contributed by atoms with Crippen molar-refractivity contribution in [2.75, 3.05) is 24.3 Å². The Balaban J connectivity index is 1.65. The van der Waals surface area contributed by atoms with E-state index in [2.05, 4.69) is 26.7 Å². The molecule has 1 aliphatic carbocycles. The molecular formula is C21H24F3N5O. The summed E-state index contributed by atoms with van der Waals surface area (Å²) in [4.78, 5) is 7.93. The average molecular weight is 419 g/mol. The van der Waals surface area contributed by atoms with E-state index in [0.29, 0.717) is 29.1 Å². The third-order valence-electron chi connectivity index (χ3n) is 5.40. The Labute approximate surface area is 173 Å². The Bertz CT molecular complexity index is 889. The van der Waals surface area contributed by atoms with Crippen molar-refractivity contribution in [1.82, 2.24) is 9.97 Å². The number of anilines is 2. The van der Waals surface area contributed by atoms with Gasteiger partial charge in [-0.05, 0) is 37.7 Å². The van der Waals surface area contributed by atoms with Gasteiger partial charge in [-0.25, -0.2) is 4.98 Å². The van der Waals surface area contributed by atoms with E-state index in [4.69, 9.17) is 4.74 Å². The lowest BCUT2D eigenvalue weighted by Gasteiger charge is -2.28. The van der Waals surface area contributed by atoms with Gasteiger partial charge >= 0.3 is 6.18 Å². The molecule has 0 aliphatic heterocycles. The Morgan fingerprint density at radius 1 is 1.20 bits per heavy atom. The third kappa shape index (κ3) is 5.60. The van der Waals surface area contributed by atoms with Crippen LogP contribution in [-0.2, 0) is 17.5 Å². The maximum absolute atomic E-state index is 13.1. The zero-order chi connectivity index (χ0) is 21.6. The van der Waals surface area contributed by atoms with Crippen molar-refractivity contribution < 1.29 is 17.9 Å². The Kier molecular flexibility index (Phi) is 7.11. The summed E-state index contributed by atoms with van der Waals surface area (Å²) >= 11 is 0. The first-order valence-electron chi connectivity index (χ1n) is 9.81. The first-order chi connectivity index (χ1) is 14.4. The highest BCUT2D eigenvalue weighted by molar-refractivity contribution is 5.61. The molecule has 1 saturated carbocycles. The molecule has 0 aromatic carbocycles. The minimum atomic E-state index is -4.45. The van der Waals surface area contributed by atoms with Crippen molar-refractivity contribution in [1.29, 1.82) is 5.26 Å². The first-order valence-corrected chi connectivity index (χ1v) is 9.81. The van der Waals surface area contributed by atoms with Crippen LogP contribution in [0.25, 0.3) is 0 Å². The van der Waals surface area contributed by atoms with Crippen molar-refractivity contribution in [2.24, 2.45) is 5.92 Å². The summed E-state index contributed by atoms with van der Waals surface area (Å²) in [5.74, 6) is 0.869. The lowest BCUT2D eigenvalue weighted by atomic mass is 9.87. The summed E-state index contributed by atoms with van der Waals surface area (Å²) in [6.45, 7) is 0.636. The predicted molar refractivity (Wildman–Crippen MR) is 107 cm³/mol. The number of nitriles is 1. The number of rotatable bonds is 7. The zero-order valence-corrected chi connectivity index (χ0v) is 16.7. The number of nitrogens with zero attached hydrogens (tertiary/aromatic N) is 3. The number of hydrogen-bond acceptors (Lipinski definition) is 6. The molecule has 1 fully saturated rings. The number of ether oxygens (including phenoxy) is 1. The van der Waals surface area contributed by atoms with Crippen LogP contribution in [0.15, 0.2) is 30.7 Å². The number of nitrogens with one attached hydrogen (secondary N) is 2. The maximum atomic E-state index is 13.1. The number of halogens is 3. The molecule has 0 unspecified atom stereocenters. The van der Waals surface area contributed by atoms with Crippen LogP contribution in [0.5, 0.6) is 0 Å². The zero-order valence-electron chi connectivity index (χ0n) is 16.7. The molecule has 3 rings (SSSR count). The van der Waals surface area contributed by atoms with Crippen molar-refractivity contribution in [2.45, 2.75) is 44.5 Å². The van der Waals surface area contributed by atoms with Crippen LogP contribution in [0, 0.1) is 17.2 Å². The van der Waals surface area contributed by atoms with Crippen LogP contribution in [0.3, 0.4) is 0 Å². The molecule has 2 aromatic heterocycles. The third-order valence-corrected chi connectivity index (χ3v) is 5.40. The Morgan fingerprint density at radius 3 is 2.63 bits per heavy atom. The standard InChI is InChI=1S/C21H24F3N5O/c1-30-17-4-2-14(3-5-17)10-27-19-8-20(28-12-15(19)9-25)29-13-16-11-26-7-6-18(16)21(22,23)24/h6-8,11-12,14,17H,2-5,10,13H2,1H3,(H2,27,28,29). The molecule has 0 saturated heterocycles. The van der Waals surface area contributed by atoms with E-state index >= 15 is 0 Å². The monoisotopic (exact) mass is 419 g/mol. The fraction of sp³-hybridized carbons (Fsp3) is 0.476. The second-order valence-corrected chi connectivity index (χ2v) is 7.37. The molecule has 0 amide bonds. The van der Waals surface area contributed by atoms with Crippen molar-refractivity contribution >= 4 is 11.5 Å². The minimum absolute atomic E-state index is 0.0283. The number of methoxy groups -OCH3 is 1. The topological polar surface area (TPSA) is 82.9 Å². The van der Waals surface area contributed by atoms with E-state index in [9.17, 15) is 18.4 Å². The summed E-state index contributed by atoms with van der Waals surface area (Å²) < 4.78 is 44.8. The van der Waals surface area contributed by atoms with Gasteiger partial charge in [0.2, 0.25) is 0 Å². The van der Waals surface area contributed by atoms with E-state index in [-0.39, 0.29) is 12.1 Å². The highest BCUT2D eigenvalue weighted by Gasteiger charge is 2.33. The number of aromatic nitrogens is 2. The van der Waals surface area contributed by atoms with Crippen LogP contribution in [0.2, 0.25) is 0 Å². The van der Waals surface area contributed by atoms with Gasteiger partial charge in [0.05, 0.1) is 22.9 Å². The molecule has 6 nitrogen and oxygen atoms in total. The number of hydrogen-bond donors (Lipinski definition) is 2. The van der Waals surface area contributed by atoms with E-state index in [1.54, 1.807) is 13.2 Å². The van der Waals surface area contributed by atoms with Crippen molar-refractivity contribution in [3.8, 4) is 6.07 Å². The Morgan fingerprint density at radius 2 is 1.97 bits per heavy atom. The fourth-order valence-electron chi connectivity index (χ4n) is 3.64. The fourth-order valence-corrected chi connectivity index (χ4v) is 3.64. The van der Waals surface area contributed by atoms with Gasteiger partial charge < -0.3 is 15.4 Å². The quantitative estimate of drug-likeness (QED) is 0.683. The SMILES string of the molecule is COC1CCC(CNc2cc(NCc3cnccc3C(F)(F)F)ncc2C#N)CC1. The van der Waals surface area contributed by atoms with Gasteiger partial charge in [-0.15, -0.1) is 0 Å². The summed E-state index contributed by atoms with van der Waals surface area (Å²) in [5, 5.41) is 15.6. The largest absolute Gasteiger partial charge is 0.416 e. The second-order valence-electron chi connectivity index (χ2n) is 7.37. The second kappa shape index (κ2) is 9.76. The molecular weight excluding hydrogens is 395 g/mol. The lowest BCUT2D eigenvalue weighted by molar-refractivity contribution is -0.138. The molecule has 30 heavy (non-hydrogen) atoms. The van der Waals surface area contributed by atoms with Crippen LogP contribution >= 0.6 is 0 Å². The van der Waals surface area contributed by atoms with Gasteiger partial charge in [0.25, 0.3) is 0 Å². The van der Waals surface area contributed by atoms with Gasteiger partial charge in [0.15, 0.2) is 0 Å². The average Bonchev–Trinajstić information content (AvgIpc) is 2.76. The van der Waals surface area contributed by atoms with Gasteiger partial charge in [0, 0.05) is 50.4 Å². The smallest absolute Gasteiger partial charge is 0.384 e. The van der Waals surface area contributed by atoms with Crippen molar-refractivity contribution in [3.05, 3.63) is 47.4 Å². The predicted octanol–water partition coefficient (Wildman–Crippen LogP) is 4.60. The van der Waals surface area contributed by atoms with Gasteiger partial charge in [-0.1, -0.05) is 0 Å². The van der Waals surface area contributed by atoms with Crippen LogP contribution in [0.4, 0.5) is 24.7 Å². The van der Waals surface area contributed by atoms with Gasteiger partial charge in [-0.2, -0.15) is 18.4 Å². The minimum Gasteiger partial charge on any atom is -0.384 e. The van der Waals surface area contributed by atoms with Crippen LogP contribution in [-0.4, -0.2) is 29.7 Å².